The third-order valence-corrected chi connectivity index (χ3v) is 4.78. The van der Waals surface area contributed by atoms with Crippen LogP contribution >= 0.6 is 0 Å². The van der Waals surface area contributed by atoms with Crippen LogP contribution in [-0.4, -0.2) is 52.5 Å². The predicted molar refractivity (Wildman–Crippen MR) is 91.6 cm³/mol. The number of ether oxygens (including phenoxy) is 1. The van der Waals surface area contributed by atoms with E-state index in [1.54, 1.807) is 4.90 Å². The van der Waals surface area contributed by atoms with Crippen LogP contribution in [0.25, 0.3) is 0 Å². The minimum absolute atomic E-state index is 0.0440. The molecule has 5 heteroatoms. The molecule has 0 radical (unpaired) electrons. The van der Waals surface area contributed by atoms with E-state index in [0.717, 1.165) is 25.8 Å². The van der Waals surface area contributed by atoms with Gasteiger partial charge in [0.1, 0.15) is 17.4 Å². The molecular formula is C19H26N2O3. The van der Waals surface area contributed by atoms with E-state index in [1.165, 1.54) is 5.56 Å². The van der Waals surface area contributed by atoms with Gasteiger partial charge in [-0.1, -0.05) is 30.3 Å². The Kier molecular flexibility index (Phi) is 4.38. The van der Waals surface area contributed by atoms with E-state index in [-0.39, 0.29) is 12.1 Å². The van der Waals surface area contributed by atoms with Gasteiger partial charge < -0.3 is 9.53 Å². The molecule has 2 fully saturated rings. The number of fused-ring (bicyclic) bond motifs is 2. The zero-order valence-electron chi connectivity index (χ0n) is 14.7. The molecule has 5 nitrogen and oxygen atoms in total. The molecule has 2 atom stereocenters. The predicted octanol–water partition coefficient (Wildman–Crippen LogP) is 2.84. The van der Waals surface area contributed by atoms with Crippen molar-refractivity contribution >= 4 is 12.4 Å². The van der Waals surface area contributed by atoms with Crippen LogP contribution < -0.4 is 0 Å². The van der Waals surface area contributed by atoms with Gasteiger partial charge in [0, 0.05) is 25.7 Å². The minimum atomic E-state index is -0.750. The second-order valence-electron chi connectivity index (χ2n) is 7.92. The fraction of sp³-hybridized carbons (Fsp3) is 0.579. The minimum Gasteiger partial charge on any atom is -0.444 e. The number of rotatable bonds is 3. The molecule has 0 aromatic heterocycles. The van der Waals surface area contributed by atoms with Crippen molar-refractivity contribution in [3.8, 4) is 0 Å². The third-order valence-electron chi connectivity index (χ3n) is 4.78. The number of piperazine rings is 1. The quantitative estimate of drug-likeness (QED) is 0.800. The number of amides is 1. The lowest BCUT2D eigenvalue weighted by atomic mass is 9.97. The van der Waals surface area contributed by atoms with E-state index < -0.39 is 11.1 Å². The summed E-state index contributed by atoms with van der Waals surface area (Å²) in [4.78, 5) is 28.6. The van der Waals surface area contributed by atoms with Crippen LogP contribution in [0.15, 0.2) is 30.3 Å². The van der Waals surface area contributed by atoms with Crippen molar-refractivity contribution in [1.82, 2.24) is 9.80 Å². The SMILES string of the molecule is CC(C)(C)OC(=O)N1C2CCC1(C=O)CN(Cc1ccccc1)C2. The van der Waals surface area contributed by atoms with E-state index in [9.17, 15) is 9.59 Å². The van der Waals surface area contributed by atoms with E-state index in [1.807, 2.05) is 39.0 Å². The van der Waals surface area contributed by atoms with Crippen molar-refractivity contribution in [3.63, 3.8) is 0 Å². The zero-order valence-corrected chi connectivity index (χ0v) is 14.7. The van der Waals surface area contributed by atoms with Crippen molar-refractivity contribution in [2.45, 2.75) is 57.3 Å². The Morgan fingerprint density at radius 1 is 1.33 bits per heavy atom. The lowest BCUT2D eigenvalue weighted by Crippen LogP contribution is -2.64. The van der Waals surface area contributed by atoms with Crippen molar-refractivity contribution in [1.29, 1.82) is 0 Å². The molecule has 2 aliphatic heterocycles. The van der Waals surface area contributed by atoms with Gasteiger partial charge in [0.05, 0.1) is 0 Å². The molecule has 0 aliphatic carbocycles. The first-order valence-corrected chi connectivity index (χ1v) is 8.58. The number of carbonyl (C=O) groups is 2. The highest BCUT2D eigenvalue weighted by molar-refractivity contribution is 5.79. The second-order valence-corrected chi connectivity index (χ2v) is 7.92. The molecule has 3 rings (SSSR count). The van der Waals surface area contributed by atoms with Crippen molar-refractivity contribution in [3.05, 3.63) is 35.9 Å². The van der Waals surface area contributed by atoms with Gasteiger partial charge in [-0.25, -0.2) is 4.79 Å². The van der Waals surface area contributed by atoms with Gasteiger partial charge >= 0.3 is 6.09 Å². The number of carbonyl (C=O) groups excluding carboxylic acids is 2. The van der Waals surface area contributed by atoms with Gasteiger partial charge in [0.2, 0.25) is 0 Å². The monoisotopic (exact) mass is 330 g/mol. The van der Waals surface area contributed by atoms with Crippen LogP contribution in [0.2, 0.25) is 0 Å². The van der Waals surface area contributed by atoms with E-state index in [2.05, 4.69) is 17.0 Å². The van der Waals surface area contributed by atoms with Crippen molar-refractivity contribution < 1.29 is 14.3 Å². The number of likely N-dealkylation sites (tertiary alicyclic amines) is 1. The maximum Gasteiger partial charge on any atom is 0.411 e. The number of aldehydes is 1. The largest absolute Gasteiger partial charge is 0.444 e. The maximum absolute atomic E-state index is 12.6. The zero-order chi connectivity index (χ0) is 17.4. The summed E-state index contributed by atoms with van der Waals surface area (Å²) in [5.74, 6) is 0. The maximum atomic E-state index is 12.6. The Morgan fingerprint density at radius 3 is 2.67 bits per heavy atom. The summed E-state index contributed by atoms with van der Waals surface area (Å²) < 4.78 is 5.55. The summed E-state index contributed by atoms with van der Waals surface area (Å²) in [5, 5.41) is 0. The summed E-state index contributed by atoms with van der Waals surface area (Å²) >= 11 is 0. The Labute approximate surface area is 143 Å². The Balaban J connectivity index is 1.77. The van der Waals surface area contributed by atoms with Crippen LogP contribution in [0.5, 0.6) is 0 Å². The Bertz CT molecular complexity index is 611. The topological polar surface area (TPSA) is 49.9 Å². The molecule has 2 bridgehead atoms. The normalized spacial score (nSPS) is 27.1. The molecule has 0 spiro atoms. The Hall–Kier alpha value is -1.88. The van der Waals surface area contributed by atoms with Crippen molar-refractivity contribution in [2.75, 3.05) is 13.1 Å². The molecule has 1 aromatic rings. The summed E-state index contributed by atoms with van der Waals surface area (Å²) in [7, 11) is 0. The molecule has 0 N–H and O–H groups in total. The molecular weight excluding hydrogens is 304 g/mol. The number of hydrogen-bond donors (Lipinski definition) is 0. The number of benzene rings is 1. The van der Waals surface area contributed by atoms with Gasteiger partial charge in [0.15, 0.2) is 0 Å². The molecule has 24 heavy (non-hydrogen) atoms. The molecule has 1 aromatic carbocycles. The fourth-order valence-corrected chi connectivity index (χ4v) is 3.86. The van der Waals surface area contributed by atoms with E-state index in [0.29, 0.717) is 13.0 Å². The molecule has 2 unspecified atom stereocenters. The van der Waals surface area contributed by atoms with Gasteiger partial charge in [-0.05, 0) is 39.2 Å². The highest BCUT2D eigenvalue weighted by Crippen LogP contribution is 2.39. The third kappa shape index (κ3) is 3.31. The second kappa shape index (κ2) is 6.20. The van der Waals surface area contributed by atoms with Crippen LogP contribution in [0, 0.1) is 0 Å². The average Bonchev–Trinajstić information content (AvgIpc) is 2.76. The summed E-state index contributed by atoms with van der Waals surface area (Å²) in [6.07, 6.45) is 2.15. The fourth-order valence-electron chi connectivity index (χ4n) is 3.86. The lowest BCUT2D eigenvalue weighted by Gasteiger charge is -2.46. The highest BCUT2D eigenvalue weighted by Gasteiger charge is 2.54. The molecule has 2 heterocycles. The van der Waals surface area contributed by atoms with Crippen molar-refractivity contribution in [2.24, 2.45) is 0 Å². The molecule has 2 saturated heterocycles. The van der Waals surface area contributed by atoms with Gasteiger partial charge in [0.25, 0.3) is 0 Å². The first kappa shape index (κ1) is 17.0. The molecule has 0 saturated carbocycles. The number of nitrogens with zero attached hydrogens (tertiary/aromatic N) is 2. The average molecular weight is 330 g/mol. The Morgan fingerprint density at radius 2 is 2.04 bits per heavy atom. The summed E-state index contributed by atoms with van der Waals surface area (Å²) in [6, 6.07) is 10.3. The smallest absolute Gasteiger partial charge is 0.411 e. The first-order chi connectivity index (χ1) is 11.3. The summed E-state index contributed by atoms with van der Waals surface area (Å²) in [5.41, 5.74) is -0.0782. The van der Waals surface area contributed by atoms with Crippen LogP contribution in [-0.2, 0) is 16.1 Å². The van der Waals surface area contributed by atoms with Gasteiger partial charge in [-0.2, -0.15) is 0 Å². The lowest BCUT2D eigenvalue weighted by molar-refractivity contribution is -0.122. The van der Waals surface area contributed by atoms with Gasteiger partial charge in [-0.15, -0.1) is 0 Å². The molecule has 2 aliphatic rings. The van der Waals surface area contributed by atoms with E-state index >= 15 is 0 Å². The van der Waals surface area contributed by atoms with E-state index in [4.69, 9.17) is 4.74 Å². The van der Waals surface area contributed by atoms with Crippen LogP contribution in [0.1, 0.15) is 39.2 Å². The van der Waals surface area contributed by atoms with Gasteiger partial charge in [-0.3, -0.25) is 9.80 Å². The van der Waals surface area contributed by atoms with Crippen LogP contribution in [0.3, 0.4) is 0 Å². The number of hydrogen-bond acceptors (Lipinski definition) is 4. The highest BCUT2D eigenvalue weighted by atomic mass is 16.6. The standard InChI is InChI=1S/C19H26N2O3/c1-18(2,3)24-17(23)21-16-9-10-19(21,14-22)13-20(12-16)11-15-7-5-4-6-8-15/h4-8,14,16H,9-13H2,1-3H3. The first-order valence-electron chi connectivity index (χ1n) is 8.58. The molecule has 1 amide bonds. The molecule has 130 valence electrons. The van der Waals surface area contributed by atoms with Crippen LogP contribution in [0.4, 0.5) is 4.79 Å². The summed E-state index contributed by atoms with van der Waals surface area (Å²) in [6.45, 7) is 7.71.